The Morgan fingerprint density at radius 3 is 2.57 bits per heavy atom. The van der Waals surface area contributed by atoms with Gasteiger partial charge in [-0.2, -0.15) is 13.2 Å². The van der Waals surface area contributed by atoms with Crippen LogP contribution in [0.5, 0.6) is 11.5 Å². The Bertz CT molecular complexity index is 507. The van der Waals surface area contributed by atoms with Crippen molar-refractivity contribution in [2.24, 2.45) is 0 Å². The van der Waals surface area contributed by atoms with Crippen molar-refractivity contribution in [1.29, 1.82) is 0 Å². The molecule has 0 bridgehead atoms. The van der Waals surface area contributed by atoms with Gasteiger partial charge in [-0.15, -0.1) is 0 Å². The van der Waals surface area contributed by atoms with E-state index in [0.717, 1.165) is 5.56 Å². The molecule has 0 aliphatic carbocycles. The molecule has 1 aromatic rings. The molecule has 1 amide bonds. The number of amides is 1. The lowest BCUT2D eigenvalue weighted by Gasteiger charge is -2.13. The summed E-state index contributed by atoms with van der Waals surface area (Å²) in [6.45, 7) is -0.149. The maximum absolute atomic E-state index is 12.2. The van der Waals surface area contributed by atoms with Crippen molar-refractivity contribution in [1.82, 2.24) is 10.6 Å². The first-order valence-electron chi connectivity index (χ1n) is 7.13. The van der Waals surface area contributed by atoms with Crippen molar-refractivity contribution >= 4 is 5.91 Å². The molecule has 0 saturated carbocycles. The zero-order valence-corrected chi connectivity index (χ0v) is 13.1. The van der Waals surface area contributed by atoms with Crippen LogP contribution in [0.15, 0.2) is 18.2 Å². The van der Waals surface area contributed by atoms with Crippen molar-refractivity contribution in [2.45, 2.75) is 19.0 Å². The monoisotopic (exact) mass is 334 g/mol. The molecular weight excluding hydrogens is 313 g/mol. The zero-order chi connectivity index (χ0) is 17.3. The molecule has 0 fully saturated rings. The Labute approximate surface area is 133 Å². The van der Waals surface area contributed by atoms with Gasteiger partial charge < -0.3 is 20.1 Å². The number of nitrogens with one attached hydrogen (secondary N) is 2. The fraction of sp³-hybridized carbons (Fsp3) is 0.533. The standard InChI is InChI=1S/C15H21F3N2O3/c1-19-7-8-20-14(21)6-4-11-3-5-12(13(9-11)22-2)23-10-15(16,17)18/h3,5,9,19H,4,6-8,10H2,1-2H3,(H,20,21). The number of benzene rings is 1. The van der Waals surface area contributed by atoms with E-state index >= 15 is 0 Å². The third-order valence-corrected chi connectivity index (χ3v) is 2.96. The summed E-state index contributed by atoms with van der Waals surface area (Å²) >= 11 is 0. The summed E-state index contributed by atoms with van der Waals surface area (Å²) in [7, 11) is 3.14. The second-order valence-electron chi connectivity index (χ2n) is 4.84. The molecule has 0 atom stereocenters. The summed E-state index contributed by atoms with van der Waals surface area (Å²) in [6, 6.07) is 4.61. The van der Waals surface area contributed by atoms with Crippen LogP contribution in [0.3, 0.4) is 0 Å². The first kappa shape index (κ1) is 19.1. The van der Waals surface area contributed by atoms with E-state index in [1.165, 1.54) is 13.2 Å². The molecule has 0 aliphatic heterocycles. The van der Waals surface area contributed by atoms with E-state index in [1.807, 2.05) is 0 Å². The minimum Gasteiger partial charge on any atom is -0.493 e. The molecule has 1 rings (SSSR count). The van der Waals surface area contributed by atoms with Crippen molar-refractivity contribution in [2.75, 3.05) is 33.9 Å². The summed E-state index contributed by atoms with van der Waals surface area (Å²) in [6.07, 6.45) is -3.66. The van der Waals surface area contributed by atoms with Crippen LogP contribution >= 0.6 is 0 Å². The molecule has 5 nitrogen and oxygen atoms in total. The van der Waals surface area contributed by atoms with Crippen LogP contribution in [0.25, 0.3) is 0 Å². The fourth-order valence-electron chi connectivity index (χ4n) is 1.82. The number of rotatable bonds is 9. The van der Waals surface area contributed by atoms with Gasteiger partial charge in [0.2, 0.25) is 5.91 Å². The number of carbonyl (C=O) groups is 1. The smallest absolute Gasteiger partial charge is 0.422 e. The van der Waals surface area contributed by atoms with Gasteiger partial charge in [0, 0.05) is 19.5 Å². The molecule has 0 heterocycles. The van der Waals surface area contributed by atoms with E-state index in [1.54, 1.807) is 19.2 Å². The van der Waals surface area contributed by atoms with E-state index in [9.17, 15) is 18.0 Å². The van der Waals surface area contributed by atoms with Gasteiger partial charge in [-0.3, -0.25) is 4.79 Å². The predicted molar refractivity (Wildman–Crippen MR) is 79.8 cm³/mol. The van der Waals surface area contributed by atoms with Gasteiger partial charge in [0.25, 0.3) is 0 Å². The molecule has 23 heavy (non-hydrogen) atoms. The maximum Gasteiger partial charge on any atom is 0.422 e. The van der Waals surface area contributed by atoms with E-state index in [2.05, 4.69) is 10.6 Å². The van der Waals surface area contributed by atoms with Gasteiger partial charge in [0.1, 0.15) is 0 Å². The third-order valence-electron chi connectivity index (χ3n) is 2.96. The molecular formula is C15H21F3N2O3. The average molecular weight is 334 g/mol. The number of carbonyl (C=O) groups excluding carboxylic acids is 1. The third kappa shape index (κ3) is 7.73. The summed E-state index contributed by atoms with van der Waals surface area (Å²) < 4.78 is 46.3. The fourth-order valence-corrected chi connectivity index (χ4v) is 1.82. The lowest BCUT2D eigenvalue weighted by Crippen LogP contribution is -2.30. The first-order chi connectivity index (χ1) is 10.9. The number of likely N-dealkylation sites (N-methyl/N-ethyl adjacent to an activating group) is 1. The van der Waals surface area contributed by atoms with E-state index in [0.29, 0.717) is 19.5 Å². The van der Waals surface area contributed by atoms with Crippen LogP contribution < -0.4 is 20.1 Å². The number of halogens is 3. The molecule has 1 aromatic carbocycles. The minimum atomic E-state index is -4.41. The van der Waals surface area contributed by atoms with Crippen LogP contribution in [-0.2, 0) is 11.2 Å². The van der Waals surface area contributed by atoms with E-state index < -0.39 is 12.8 Å². The van der Waals surface area contributed by atoms with Crippen molar-refractivity contribution in [3.8, 4) is 11.5 Å². The quantitative estimate of drug-likeness (QED) is 0.677. The number of hydrogen-bond acceptors (Lipinski definition) is 4. The Morgan fingerprint density at radius 1 is 1.22 bits per heavy atom. The average Bonchev–Trinajstić information content (AvgIpc) is 2.50. The highest BCUT2D eigenvalue weighted by Crippen LogP contribution is 2.30. The van der Waals surface area contributed by atoms with Crippen LogP contribution in [0.4, 0.5) is 13.2 Å². The van der Waals surface area contributed by atoms with Crippen LogP contribution in [-0.4, -0.2) is 45.9 Å². The molecule has 0 saturated heterocycles. The Morgan fingerprint density at radius 2 is 1.96 bits per heavy atom. The first-order valence-corrected chi connectivity index (χ1v) is 7.13. The normalized spacial score (nSPS) is 11.2. The van der Waals surface area contributed by atoms with Crippen molar-refractivity contribution in [3.63, 3.8) is 0 Å². The number of alkyl halides is 3. The topological polar surface area (TPSA) is 59.6 Å². The summed E-state index contributed by atoms with van der Waals surface area (Å²) in [4.78, 5) is 11.6. The van der Waals surface area contributed by atoms with Crippen molar-refractivity contribution < 1.29 is 27.4 Å². The van der Waals surface area contributed by atoms with Gasteiger partial charge in [0.05, 0.1) is 7.11 Å². The Balaban J connectivity index is 2.56. The number of ether oxygens (including phenoxy) is 2. The van der Waals surface area contributed by atoms with Crippen molar-refractivity contribution in [3.05, 3.63) is 23.8 Å². The van der Waals surface area contributed by atoms with Gasteiger partial charge >= 0.3 is 6.18 Å². The second-order valence-corrected chi connectivity index (χ2v) is 4.84. The Hall–Kier alpha value is -1.96. The second kappa shape index (κ2) is 9.24. The molecule has 0 aromatic heterocycles. The maximum atomic E-state index is 12.2. The van der Waals surface area contributed by atoms with Crippen LogP contribution in [0, 0.1) is 0 Å². The lowest BCUT2D eigenvalue weighted by atomic mass is 10.1. The highest BCUT2D eigenvalue weighted by Gasteiger charge is 2.29. The molecule has 0 radical (unpaired) electrons. The highest BCUT2D eigenvalue weighted by atomic mass is 19.4. The van der Waals surface area contributed by atoms with E-state index in [-0.39, 0.29) is 23.8 Å². The van der Waals surface area contributed by atoms with Crippen LogP contribution in [0.2, 0.25) is 0 Å². The number of aryl methyl sites for hydroxylation is 1. The Kier molecular flexibility index (Phi) is 7.67. The molecule has 8 heteroatoms. The lowest BCUT2D eigenvalue weighted by molar-refractivity contribution is -0.153. The summed E-state index contributed by atoms with van der Waals surface area (Å²) in [5.41, 5.74) is 0.782. The molecule has 0 aliphatic rings. The number of methoxy groups -OCH3 is 1. The SMILES string of the molecule is CNCCNC(=O)CCc1ccc(OCC(F)(F)F)c(OC)c1. The molecule has 0 spiro atoms. The summed E-state index contributed by atoms with van der Waals surface area (Å²) in [5.74, 6) is 0.144. The molecule has 0 unspecified atom stereocenters. The largest absolute Gasteiger partial charge is 0.493 e. The highest BCUT2D eigenvalue weighted by molar-refractivity contribution is 5.76. The number of hydrogen-bond donors (Lipinski definition) is 2. The zero-order valence-electron chi connectivity index (χ0n) is 13.1. The predicted octanol–water partition coefficient (Wildman–Crippen LogP) is 1.90. The molecule has 130 valence electrons. The van der Waals surface area contributed by atoms with E-state index in [4.69, 9.17) is 9.47 Å². The van der Waals surface area contributed by atoms with Gasteiger partial charge in [-0.1, -0.05) is 6.07 Å². The van der Waals surface area contributed by atoms with Gasteiger partial charge in [0.15, 0.2) is 18.1 Å². The summed E-state index contributed by atoms with van der Waals surface area (Å²) in [5, 5.41) is 5.66. The molecule has 2 N–H and O–H groups in total. The van der Waals surface area contributed by atoms with Crippen LogP contribution in [0.1, 0.15) is 12.0 Å². The van der Waals surface area contributed by atoms with Gasteiger partial charge in [-0.25, -0.2) is 0 Å². The minimum absolute atomic E-state index is 0.0204. The van der Waals surface area contributed by atoms with Gasteiger partial charge in [-0.05, 0) is 31.2 Å².